The van der Waals surface area contributed by atoms with Gasteiger partial charge in [-0.05, 0) is 18.2 Å². The molecular formula is C15H18O9. The molecule has 24 heavy (non-hydrogen) atoms. The van der Waals surface area contributed by atoms with Gasteiger partial charge in [-0.3, -0.25) is 0 Å². The van der Waals surface area contributed by atoms with Crippen molar-refractivity contribution >= 4 is 11.9 Å². The minimum absolute atomic E-state index is 0.0178. The van der Waals surface area contributed by atoms with E-state index in [-0.39, 0.29) is 17.1 Å². The summed E-state index contributed by atoms with van der Waals surface area (Å²) in [7, 11) is 1.29. The summed E-state index contributed by atoms with van der Waals surface area (Å²) in [6.45, 7) is 0. The number of carboxylic acids is 1. The molecule has 0 unspecified atom stereocenters. The maximum atomic E-state index is 12.1. The van der Waals surface area contributed by atoms with Crippen LogP contribution in [0.5, 0.6) is 11.5 Å². The van der Waals surface area contributed by atoms with Crippen LogP contribution < -0.4 is 4.74 Å². The summed E-state index contributed by atoms with van der Waals surface area (Å²) in [5, 5.41) is 48.1. The van der Waals surface area contributed by atoms with E-state index in [1.165, 1.54) is 25.3 Å². The molecule has 132 valence electrons. The van der Waals surface area contributed by atoms with Crippen molar-refractivity contribution in [2.75, 3.05) is 7.11 Å². The number of aliphatic carboxylic acids is 1. The van der Waals surface area contributed by atoms with Crippen LogP contribution in [0.2, 0.25) is 0 Å². The highest BCUT2D eigenvalue weighted by molar-refractivity contribution is 5.90. The highest BCUT2D eigenvalue weighted by Gasteiger charge is 2.50. The van der Waals surface area contributed by atoms with Crippen molar-refractivity contribution in [3.05, 3.63) is 23.8 Å². The van der Waals surface area contributed by atoms with Gasteiger partial charge in [0.2, 0.25) is 0 Å². The van der Waals surface area contributed by atoms with E-state index in [1.54, 1.807) is 0 Å². The lowest BCUT2D eigenvalue weighted by Crippen LogP contribution is -2.57. The van der Waals surface area contributed by atoms with Gasteiger partial charge in [-0.2, -0.15) is 0 Å². The predicted octanol–water partition coefficient (Wildman–Crippen LogP) is -0.743. The Morgan fingerprint density at radius 2 is 1.92 bits per heavy atom. The molecule has 1 fully saturated rings. The van der Waals surface area contributed by atoms with Crippen molar-refractivity contribution in [1.29, 1.82) is 0 Å². The van der Waals surface area contributed by atoms with Gasteiger partial charge in [0, 0.05) is 12.8 Å². The van der Waals surface area contributed by atoms with Crippen LogP contribution >= 0.6 is 0 Å². The van der Waals surface area contributed by atoms with Crippen LogP contribution in [0, 0.1) is 0 Å². The van der Waals surface area contributed by atoms with Gasteiger partial charge in [0.1, 0.15) is 12.2 Å². The van der Waals surface area contributed by atoms with Gasteiger partial charge >= 0.3 is 11.9 Å². The summed E-state index contributed by atoms with van der Waals surface area (Å²) < 4.78 is 9.90. The number of phenolic OH excluding ortho intramolecular Hbond substituents is 1. The molecule has 1 aliphatic carbocycles. The number of carbonyl (C=O) groups is 2. The maximum absolute atomic E-state index is 12.1. The third kappa shape index (κ3) is 3.42. The largest absolute Gasteiger partial charge is 0.504 e. The highest BCUT2D eigenvalue weighted by atomic mass is 16.6. The second kappa shape index (κ2) is 6.63. The van der Waals surface area contributed by atoms with E-state index >= 15 is 0 Å². The summed E-state index contributed by atoms with van der Waals surface area (Å²) in [5.41, 5.74) is -2.33. The van der Waals surface area contributed by atoms with Crippen molar-refractivity contribution in [3.63, 3.8) is 0 Å². The van der Waals surface area contributed by atoms with Crippen LogP contribution in [-0.2, 0) is 9.53 Å². The number of hydrogen-bond donors (Lipinski definition) is 5. The number of aromatic hydroxyl groups is 1. The van der Waals surface area contributed by atoms with Gasteiger partial charge in [0.15, 0.2) is 17.1 Å². The third-order valence-corrected chi connectivity index (χ3v) is 3.93. The van der Waals surface area contributed by atoms with Gasteiger partial charge < -0.3 is 35.0 Å². The fraction of sp³-hybridized carbons (Fsp3) is 0.467. The Hall–Kier alpha value is -2.36. The number of hydrogen-bond acceptors (Lipinski definition) is 8. The zero-order chi connectivity index (χ0) is 18.1. The lowest BCUT2D eigenvalue weighted by atomic mass is 9.79. The number of aliphatic hydroxyl groups is 3. The Balaban J connectivity index is 2.19. The standard InChI is InChI=1S/C15H18O9/c1-23-10-4-7(2-3-8(10)16)13(19)24-11-6-15(22,14(20)21)5-9(17)12(11)18/h2-4,9,11-12,16-18,22H,5-6H2,1H3,(H,20,21)/t9-,11-,12+,15-/m1/s1. The van der Waals surface area contributed by atoms with Crippen LogP contribution in [0.3, 0.4) is 0 Å². The Labute approximate surface area is 136 Å². The molecule has 0 heterocycles. The van der Waals surface area contributed by atoms with Gasteiger partial charge in [0.05, 0.1) is 18.8 Å². The highest BCUT2D eigenvalue weighted by Crippen LogP contribution is 2.32. The molecule has 0 radical (unpaired) electrons. The van der Waals surface area contributed by atoms with Crippen molar-refractivity contribution in [1.82, 2.24) is 0 Å². The molecule has 4 atom stereocenters. The fourth-order valence-corrected chi connectivity index (χ4v) is 2.55. The molecule has 5 N–H and O–H groups in total. The summed E-state index contributed by atoms with van der Waals surface area (Å²) >= 11 is 0. The molecule has 1 aromatic rings. The first-order chi connectivity index (χ1) is 11.2. The smallest absolute Gasteiger partial charge is 0.338 e. The molecule has 9 nitrogen and oxygen atoms in total. The van der Waals surface area contributed by atoms with E-state index in [0.717, 1.165) is 0 Å². The lowest BCUT2D eigenvalue weighted by molar-refractivity contribution is -0.187. The SMILES string of the molecule is COc1cc(C(=O)O[C@@H]2C[C@@](O)(C(=O)O)C[C@@H](O)[C@@H]2O)ccc1O. The Morgan fingerprint density at radius 3 is 2.50 bits per heavy atom. The van der Waals surface area contributed by atoms with Gasteiger partial charge in [-0.15, -0.1) is 0 Å². The average molecular weight is 342 g/mol. The first-order valence-corrected chi connectivity index (χ1v) is 7.08. The Morgan fingerprint density at radius 1 is 1.25 bits per heavy atom. The summed E-state index contributed by atoms with van der Waals surface area (Å²) in [4.78, 5) is 23.3. The summed E-state index contributed by atoms with van der Waals surface area (Å²) in [6, 6.07) is 3.65. The van der Waals surface area contributed by atoms with Crippen molar-refractivity contribution in [3.8, 4) is 11.5 Å². The number of carbonyl (C=O) groups excluding carboxylic acids is 1. The Bertz CT molecular complexity index is 644. The monoisotopic (exact) mass is 342 g/mol. The van der Waals surface area contributed by atoms with Crippen LogP contribution in [0.1, 0.15) is 23.2 Å². The Kier molecular flexibility index (Phi) is 4.97. The van der Waals surface area contributed by atoms with Crippen molar-refractivity contribution in [2.24, 2.45) is 0 Å². The number of rotatable bonds is 4. The minimum Gasteiger partial charge on any atom is -0.504 e. The zero-order valence-corrected chi connectivity index (χ0v) is 12.7. The normalized spacial score (nSPS) is 29.8. The van der Waals surface area contributed by atoms with Crippen LogP contribution in [0.15, 0.2) is 18.2 Å². The van der Waals surface area contributed by atoms with Crippen LogP contribution in [0.25, 0.3) is 0 Å². The predicted molar refractivity (Wildman–Crippen MR) is 77.7 cm³/mol. The minimum atomic E-state index is -2.31. The number of benzene rings is 1. The zero-order valence-electron chi connectivity index (χ0n) is 12.7. The van der Waals surface area contributed by atoms with E-state index in [9.17, 15) is 30.0 Å². The van der Waals surface area contributed by atoms with E-state index in [4.69, 9.17) is 14.6 Å². The molecule has 0 aromatic heterocycles. The van der Waals surface area contributed by atoms with Crippen molar-refractivity contribution < 1.29 is 44.6 Å². The number of methoxy groups -OCH3 is 1. The molecular weight excluding hydrogens is 324 g/mol. The lowest BCUT2D eigenvalue weighted by Gasteiger charge is -2.39. The molecule has 9 heteroatoms. The number of aliphatic hydroxyl groups excluding tert-OH is 2. The van der Waals surface area contributed by atoms with Gasteiger partial charge in [-0.1, -0.05) is 0 Å². The average Bonchev–Trinajstić information content (AvgIpc) is 2.52. The number of esters is 1. The quantitative estimate of drug-likeness (QED) is 0.445. The molecule has 1 saturated carbocycles. The molecule has 0 bridgehead atoms. The van der Waals surface area contributed by atoms with E-state index in [2.05, 4.69) is 0 Å². The molecule has 1 aromatic carbocycles. The molecule has 0 spiro atoms. The first-order valence-electron chi connectivity index (χ1n) is 7.08. The molecule has 0 saturated heterocycles. The summed E-state index contributed by atoms with van der Waals surface area (Å²) in [5.74, 6) is -2.68. The van der Waals surface area contributed by atoms with Gasteiger partial charge in [-0.25, -0.2) is 9.59 Å². The molecule has 2 rings (SSSR count). The van der Waals surface area contributed by atoms with Gasteiger partial charge in [0.25, 0.3) is 0 Å². The summed E-state index contributed by atoms with van der Waals surface area (Å²) in [6.07, 6.45) is -5.66. The van der Waals surface area contributed by atoms with E-state index in [0.29, 0.717) is 0 Å². The second-order valence-corrected chi connectivity index (χ2v) is 5.63. The number of carboxylic acid groups (broad SMARTS) is 1. The van der Waals surface area contributed by atoms with E-state index in [1.807, 2.05) is 0 Å². The number of phenols is 1. The topological polar surface area (TPSA) is 154 Å². The first kappa shape index (κ1) is 18.0. The van der Waals surface area contributed by atoms with E-state index < -0.39 is 48.7 Å². The second-order valence-electron chi connectivity index (χ2n) is 5.63. The maximum Gasteiger partial charge on any atom is 0.338 e. The van der Waals surface area contributed by atoms with Crippen LogP contribution in [-0.4, -0.2) is 68.5 Å². The van der Waals surface area contributed by atoms with Crippen molar-refractivity contribution in [2.45, 2.75) is 36.8 Å². The third-order valence-electron chi connectivity index (χ3n) is 3.93. The fourth-order valence-electron chi connectivity index (χ4n) is 2.55. The molecule has 0 aliphatic heterocycles. The van der Waals surface area contributed by atoms with Crippen LogP contribution in [0.4, 0.5) is 0 Å². The number of ether oxygens (including phenoxy) is 2. The molecule has 1 aliphatic rings. The molecule has 0 amide bonds.